The summed E-state index contributed by atoms with van der Waals surface area (Å²) in [5.74, 6) is 1.13. The molecule has 168 valence electrons. The lowest BCUT2D eigenvalue weighted by Crippen LogP contribution is -2.44. The van der Waals surface area contributed by atoms with Crippen LogP contribution < -0.4 is 9.47 Å². The van der Waals surface area contributed by atoms with E-state index in [0.717, 1.165) is 31.4 Å². The van der Waals surface area contributed by atoms with Gasteiger partial charge in [0.2, 0.25) is 0 Å². The van der Waals surface area contributed by atoms with E-state index in [2.05, 4.69) is 0 Å². The molecule has 0 N–H and O–H groups in total. The van der Waals surface area contributed by atoms with Crippen LogP contribution in [0.2, 0.25) is 0 Å². The predicted octanol–water partition coefficient (Wildman–Crippen LogP) is 3.60. The molecular weight excluding hydrogens is 396 g/mol. The van der Waals surface area contributed by atoms with Gasteiger partial charge >= 0.3 is 5.97 Å². The minimum atomic E-state index is -0.231. The molecule has 2 heterocycles. The van der Waals surface area contributed by atoms with Crippen molar-refractivity contribution in [3.63, 3.8) is 0 Å². The molecule has 31 heavy (non-hydrogen) atoms. The zero-order chi connectivity index (χ0) is 22.2. The summed E-state index contributed by atoms with van der Waals surface area (Å²) >= 11 is 0. The number of piperidine rings is 1. The van der Waals surface area contributed by atoms with Gasteiger partial charge in [0.1, 0.15) is 5.69 Å². The van der Waals surface area contributed by atoms with Crippen LogP contribution in [0.15, 0.2) is 36.5 Å². The summed E-state index contributed by atoms with van der Waals surface area (Å²) in [6, 6.07) is 9.47. The predicted molar refractivity (Wildman–Crippen MR) is 118 cm³/mol. The van der Waals surface area contributed by atoms with Crippen molar-refractivity contribution in [3.8, 4) is 11.5 Å². The van der Waals surface area contributed by atoms with E-state index >= 15 is 0 Å². The molecule has 0 bridgehead atoms. The van der Waals surface area contributed by atoms with Crippen molar-refractivity contribution in [2.45, 2.75) is 44.6 Å². The Morgan fingerprint density at radius 2 is 1.90 bits per heavy atom. The summed E-state index contributed by atoms with van der Waals surface area (Å²) < 4.78 is 17.9. The molecule has 0 spiro atoms. The number of likely N-dealkylation sites (tertiary alicyclic amines) is 1. The molecule has 2 aromatic rings. The number of rotatable bonds is 9. The number of aryl methyl sites for hydroxylation is 2. The fourth-order valence-electron chi connectivity index (χ4n) is 4.06. The molecule has 1 saturated heterocycles. The first-order valence-corrected chi connectivity index (χ1v) is 10.8. The number of carbonyl (C=O) groups excluding carboxylic acids is 2. The van der Waals surface area contributed by atoms with Crippen molar-refractivity contribution in [2.24, 2.45) is 7.05 Å². The highest BCUT2D eigenvalue weighted by molar-refractivity contribution is 5.93. The molecule has 7 nitrogen and oxygen atoms in total. The van der Waals surface area contributed by atoms with Gasteiger partial charge in [0.25, 0.3) is 5.91 Å². The molecule has 0 radical (unpaired) electrons. The third-order valence-electron chi connectivity index (χ3n) is 5.83. The van der Waals surface area contributed by atoms with Crippen LogP contribution in [-0.4, -0.2) is 54.8 Å². The van der Waals surface area contributed by atoms with E-state index in [0.29, 0.717) is 43.1 Å². The number of ether oxygens (including phenoxy) is 3. The van der Waals surface area contributed by atoms with Gasteiger partial charge in [-0.3, -0.25) is 9.59 Å². The van der Waals surface area contributed by atoms with E-state index in [9.17, 15) is 9.59 Å². The van der Waals surface area contributed by atoms with E-state index in [1.165, 1.54) is 0 Å². The van der Waals surface area contributed by atoms with Crippen molar-refractivity contribution >= 4 is 11.9 Å². The first kappa shape index (κ1) is 22.7. The number of nitrogens with zero attached hydrogens (tertiary/aromatic N) is 2. The molecule has 1 aromatic carbocycles. The van der Waals surface area contributed by atoms with Crippen LogP contribution >= 0.6 is 0 Å². The maximum atomic E-state index is 12.9. The molecule has 1 aliphatic heterocycles. The van der Waals surface area contributed by atoms with Gasteiger partial charge < -0.3 is 23.7 Å². The van der Waals surface area contributed by atoms with Crippen LogP contribution in [0.4, 0.5) is 0 Å². The summed E-state index contributed by atoms with van der Waals surface area (Å²) in [6.45, 7) is 1.08. The third-order valence-corrected chi connectivity index (χ3v) is 5.83. The Morgan fingerprint density at radius 3 is 2.61 bits per heavy atom. The first-order valence-electron chi connectivity index (χ1n) is 10.8. The number of benzene rings is 1. The molecule has 1 amide bonds. The maximum Gasteiger partial charge on any atom is 0.306 e. The maximum absolute atomic E-state index is 12.9. The van der Waals surface area contributed by atoms with Crippen molar-refractivity contribution in [2.75, 3.05) is 27.4 Å². The van der Waals surface area contributed by atoms with Gasteiger partial charge in [0.05, 0.1) is 20.8 Å². The van der Waals surface area contributed by atoms with Crippen molar-refractivity contribution in [1.82, 2.24) is 9.47 Å². The molecule has 7 heteroatoms. The van der Waals surface area contributed by atoms with E-state index in [1.54, 1.807) is 14.2 Å². The number of hydrogen-bond donors (Lipinski definition) is 0. The lowest BCUT2D eigenvalue weighted by atomic mass is 9.99. The fourth-order valence-corrected chi connectivity index (χ4v) is 4.06. The molecule has 0 saturated carbocycles. The highest BCUT2D eigenvalue weighted by Gasteiger charge is 2.28. The van der Waals surface area contributed by atoms with Crippen LogP contribution in [0, 0.1) is 0 Å². The van der Waals surface area contributed by atoms with Crippen LogP contribution in [-0.2, 0) is 23.0 Å². The Hall–Kier alpha value is -2.96. The lowest BCUT2D eigenvalue weighted by molar-refractivity contribution is -0.144. The monoisotopic (exact) mass is 428 g/mol. The van der Waals surface area contributed by atoms with Crippen LogP contribution in [0.3, 0.4) is 0 Å². The van der Waals surface area contributed by atoms with E-state index < -0.39 is 0 Å². The second-order valence-corrected chi connectivity index (χ2v) is 7.85. The van der Waals surface area contributed by atoms with Crippen molar-refractivity contribution in [1.29, 1.82) is 0 Å². The number of amides is 1. The number of carbonyl (C=O) groups is 2. The summed E-state index contributed by atoms with van der Waals surface area (Å²) in [4.78, 5) is 27.1. The Bertz CT molecular complexity index is 892. The molecule has 1 aromatic heterocycles. The summed E-state index contributed by atoms with van der Waals surface area (Å²) in [5.41, 5.74) is 1.68. The van der Waals surface area contributed by atoms with Gasteiger partial charge in [0.15, 0.2) is 11.5 Å². The van der Waals surface area contributed by atoms with Gasteiger partial charge in [-0.05, 0) is 55.5 Å². The van der Waals surface area contributed by atoms with E-state index in [-0.39, 0.29) is 17.9 Å². The Balaban J connectivity index is 1.46. The zero-order valence-electron chi connectivity index (χ0n) is 18.6. The minimum absolute atomic E-state index is 0.0528. The van der Waals surface area contributed by atoms with E-state index in [4.69, 9.17) is 14.2 Å². The fraction of sp³-hybridized carbons (Fsp3) is 0.500. The first-order chi connectivity index (χ1) is 15.0. The molecule has 3 rings (SSSR count). The zero-order valence-corrected chi connectivity index (χ0v) is 18.6. The van der Waals surface area contributed by atoms with Gasteiger partial charge in [-0.15, -0.1) is 0 Å². The summed E-state index contributed by atoms with van der Waals surface area (Å²) in [6.07, 6.45) is 6.46. The molecule has 1 aliphatic rings. The van der Waals surface area contributed by atoms with Gasteiger partial charge in [-0.2, -0.15) is 0 Å². The van der Waals surface area contributed by atoms with Crippen LogP contribution in [0.25, 0.3) is 0 Å². The highest BCUT2D eigenvalue weighted by atomic mass is 16.5. The normalized spacial score (nSPS) is 16.1. The van der Waals surface area contributed by atoms with Gasteiger partial charge in [-0.1, -0.05) is 6.07 Å². The molecule has 1 fully saturated rings. The Kier molecular flexibility index (Phi) is 7.98. The van der Waals surface area contributed by atoms with Crippen LogP contribution in [0.1, 0.15) is 48.2 Å². The van der Waals surface area contributed by atoms with Gasteiger partial charge in [0, 0.05) is 38.7 Å². The Labute approximate surface area is 183 Å². The topological polar surface area (TPSA) is 70.0 Å². The van der Waals surface area contributed by atoms with Crippen LogP contribution in [0.5, 0.6) is 11.5 Å². The molecule has 1 atom stereocenters. The number of hydrogen-bond acceptors (Lipinski definition) is 5. The minimum Gasteiger partial charge on any atom is -0.493 e. The largest absolute Gasteiger partial charge is 0.493 e. The number of esters is 1. The molecule has 0 aliphatic carbocycles. The highest BCUT2D eigenvalue weighted by Crippen LogP contribution is 2.28. The Morgan fingerprint density at radius 1 is 1.10 bits per heavy atom. The van der Waals surface area contributed by atoms with E-state index in [1.807, 2.05) is 53.0 Å². The lowest BCUT2D eigenvalue weighted by Gasteiger charge is -2.35. The average molecular weight is 429 g/mol. The second kappa shape index (κ2) is 10.9. The average Bonchev–Trinajstić information content (AvgIpc) is 3.23. The number of aromatic nitrogens is 1. The molecule has 1 unspecified atom stereocenters. The summed E-state index contributed by atoms with van der Waals surface area (Å²) in [7, 11) is 5.06. The smallest absolute Gasteiger partial charge is 0.306 e. The standard InChI is InChI=1S/C24H32N2O5/c1-25-14-6-8-20(25)24(28)26-15-5-4-7-19(26)13-16-31-23(27)12-10-18-9-11-21(29-2)22(17-18)30-3/h6,8-9,11,14,17,19H,4-5,7,10,12-13,15-16H2,1-3H3. The summed E-state index contributed by atoms with van der Waals surface area (Å²) in [5, 5.41) is 0. The quantitative estimate of drug-likeness (QED) is 0.571. The number of methoxy groups -OCH3 is 2. The van der Waals surface area contributed by atoms with Crippen molar-refractivity contribution < 1.29 is 23.8 Å². The van der Waals surface area contributed by atoms with Crippen molar-refractivity contribution in [3.05, 3.63) is 47.8 Å². The SMILES string of the molecule is COc1ccc(CCC(=O)OCCC2CCCCN2C(=O)c2cccn2C)cc1OC. The molecular formula is C24H32N2O5. The second-order valence-electron chi connectivity index (χ2n) is 7.85. The van der Waals surface area contributed by atoms with Gasteiger partial charge in [-0.25, -0.2) is 0 Å². The third kappa shape index (κ3) is 5.81.